The number of hydrogen-bond acceptors (Lipinski definition) is 7. The molecule has 10 nitrogen and oxygen atoms in total. The molecule has 3 atom stereocenters. The van der Waals surface area contributed by atoms with Crippen LogP contribution in [0.3, 0.4) is 0 Å². The average Bonchev–Trinajstić information content (AvgIpc) is 3.25. The van der Waals surface area contributed by atoms with E-state index in [9.17, 15) is 31.1 Å². The van der Waals surface area contributed by atoms with Crippen molar-refractivity contribution in [2.45, 2.75) is 44.4 Å². The van der Waals surface area contributed by atoms with Crippen LogP contribution in [0.2, 0.25) is 0 Å². The molecule has 3 heterocycles. The molecule has 1 amide bonds. The summed E-state index contributed by atoms with van der Waals surface area (Å²) in [6.45, 7) is 6.13. The first-order valence-electron chi connectivity index (χ1n) is 11.2. The van der Waals surface area contributed by atoms with Crippen molar-refractivity contribution >= 4 is 17.8 Å². The molecule has 216 valence electrons. The molecule has 2 aliphatic heterocycles. The minimum Gasteiger partial charge on any atom is -0.475 e. The Hall–Kier alpha value is -2.98. The molecule has 2 fully saturated rings. The molecule has 1 aromatic heterocycles. The van der Waals surface area contributed by atoms with Gasteiger partial charge < -0.3 is 24.6 Å². The van der Waals surface area contributed by atoms with Crippen LogP contribution in [0.15, 0.2) is 24.5 Å². The number of methoxy groups -OCH3 is 1. The van der Waals surface area contributed by atoms with E-state index >= 15 is 0 Å². The molecule has 0 aromatic carbocycles. The van der Waals surface area contributed by atoms with Crippen LogP contribution >= 0.6 is 0 Å². The van der Waals surface area contributed by atoms with Crippen molar-refractivity contribution in [3.8, 4) is 0 Å². The number of pyridine rings is 1. The lowest BCUT2D eigenvalue weighted by Crippen LogP contribution is -2.54. The predicted molar refractivity (Wildman–Crippen MR) is 118 cm³/mol. The lowest BCUT2D eigenvalue weighted by atomic mass is 9.89. The Morgan fingerprint density at radius 1 is 1.08 bits per heavy atom. The van der Waals surface area contributed by atoms with Gasteiger partial charge in [0.15, 0.2) is 0 Å². The number of piperidine rings is 1. The number of carboxylic acids is 2. The molecule has 2 aliphatic rings. The largest absolute Gasteiger partial charge is 0.490 e. The number of hydrogen-bond donors (Lipinski definition) is 2. The van der Waals surface area contributed by atoms with Gasteiger partial charge in [-0.1, -0.05) is 6.07 Å². The second kappa shape index (κ2) is 14.8. The highest BCUT2D eigenvalue weighted by atomic mass is 19.4. The van der Waals surface area contributed by atoms with E-state index in [0.29, 0.717) is 12.5 Å². The Balaban J connectivity index is 0.000000426. The topological polar surface area (TPSA) is 130 Å². The first-order valence-corrected chi connectivity index (χ1v) is 11.2. The molecule has 3 rings (SSSR count). The first-order chi connectivity index (χ1) is 17.6. The van der Waals surface area contributed by atoms with E-state index in [-0.39, 0.29) is 24.7 Å². The fraction of sp³-hybridized carbons (Fsp3) is 0.636. The van der Waals surface area contributed by atoms with Crippen LogP contribution in [0.4, 0.5) is 26.3 Å². The number of ether oxygens (including phenoxy) is 2. The molecule has 0 aliphatic carbocycles. The maximum absolute atomic E-state index is 12.5. The molecular weight excluding hydrogens is 532 g/mol. The summed E-state index contributed by atoms with van der Waals surface area (Å²) in [5.74, 6) is -5.05. The van der Waals surface area contributed by atoms with E-state index in [1.807, 2.05) is 24.1 Å². The van der Waals surface area contributed by atoms with Crippen LogP contribution in [0.25, 0.3) is 0 Å². The Labute approximate surface area is 214 Å². The minimum absolute atomic E-state index is 0.102. The lowest BCUT2D eigenvalue weighted by Gasteiger charge is -2.41. The summed E-state index contributed by atoms with van der Waals surface area (Å²) in [6, 6.07) is 4.28. The van der Waals surface area contributed by atoms with Gasteiger partial charge in [-0.05, 0) is 25.0 Å². The van der Waals surface area contributed by atoms with Gasteiger partial charge in [-0.3, -0.25) is 14.7 Å². The molecule has 0 spiro atoms. The van der Waals surface area contributed by atoms with Gasteiger partial charge in [0, 0.05) is 58.2 Å². The predicted octanol–water partition coefficient (Wildman–Crippen LogP) is 2.43. The Kier molecular flexibility index (Phi) is 12.9. The highest BCUT2D eigenvalue weighted by Gasteiger charge is 2.45. The molecule has 0 saturated carbocycles. The Bertz CT molecular complexity index is 878. The zero-order valence-corrected chi connectivity index (χ0v) is 20.5. The van der Waals surface area contributed by atoms with Crippen molar-refractivity contribution in [1.29, 1.82) is 0 Å². The number of aliphatic carboxylic acids is 2. The second-order valence-corrected chi connectivity index (χ2v) is 8.18. The Morgan fingerprint density at radius 2 is 1.66 bits per heavy atom. The molecule has 16 heteroatoms. The summed E-state index contributed by atoms with van der Waals surface area (Å²) >= 11 is 0. The summed E-state index contributed by atoms with van der Waals surface area (Å²) in [6.07, 6.45) is -5.34. The molecule has 2 N–H and O–H groups in total. The van der Waals surface area contributed by atoms with Crippen LogP contribution in [0.1, 0.15) is 18.9 Å². The van der Waals surface area contributed by atoms with Gasteiger partial charge in [0.05, 0.1) is 12.1 Å². The number of carboxylic acid groups (broad SMARTS) is 2. The van der Waals surface area contributed by atoms with Crippen LogP contribution in [0, 0.1) is 5.92 Å². The fourth-order valence-electron chi connectivity index (χ4n) is 3.99. The number of aromatic nitrogens is 1. The SMILES string of the molecule is CCOCC(=O)N1CC[C@H](OC)[C@H]2CN(Cc3cccnc3)C[C@H]21.O=C(O)C(F)(F)F.O=C(O)C(F)(F)F. The third-order valence-corrected chi connectivity index (χ3v) is 5.61. The van der Waals surface area contributed by atoms with E-state index in [1.165, 1.54) is 5.56 Å². The van der Waals surface area contributed by atoms with E-state index in [4.69, 9.17) is 29.3 Å². The van der Waals surface area contributed by atoms with E-state index in [2.05, 4.69) is 16.0 Å². The standard InChI is InChI=1S/C18H27N3O3.2C2HF3O2/c1-3-24-13-18(22)21-8-6-17(23-2)15-11-20(12-16(15)21)10-14-5-4-7-19-9-14;2*3-2(4,5)1(6)7/h4-5,7,9,15-17H,3,6,8,10-13H2,1-2H3;2*(H,6,7)/t15-,16+,17-;;/m0../s1. The summed E-state index contributed by atoms with van der Waals surface area (Å²) in [4.78, 5) is 38.9. The molecular formula is C22H29F6N3O7. The van der Waals surface area contributed by atoms with Crippen LogP contribution in [-0.4, -0.2) is 107 Å². The average molecular weight is 561 g/mol. The summed E-state index contributed by atoms with van der Waals surface area (Å²) < 4.78 is 74.5. The minimum atomic E-state index is -5.08. The van der Waals surface area contributed by atoms with Gasteiger partial charge in [0.1, 0.15) is 6.61 Å². The molecule has 0 unspecified atom stereocenters. The second-order valence-electron chi connectivity index (χ2n) is 8.18. The van der Waals surface area contributed by atoms with Crippen molar-refractivity contribution in [1.82, 2.24) is 14.8 Å². The van der Waals surface area contributed by atoms with Crippen LogP contribution in [0.5, 0.6) is 0 Å². The number of nitrogens with zero attached hydrogens (tertiary/aromatic N) is 3. The number of fused-ring (bicyclic) bond motifs is 1. The van der Waals surface area contributed by atoms with Gasteiger partial charge in [0.2, 0.25) is 5.91 Å². The number of rotatable bonds is 6. The number of carbonyl (C=O) groups excluding carboxylic acids is 1. The highest BCUT2D eigenvalue weighted by Crippen LogP contribution is 2.33. The Morgan fingerprint density at radius 3 is 2.11 bits per heavy atom. The van der Waals surface area contributed by atoms with Gasteiger partial charge in [-0.2, -0.15) is 26.3 Å². The van der Waals surface area contributed by atoms with Gasteiger partial charge in [-0.15, -0.1) is 0 Å². The third-order valence-electron chi connectivity index (χ3n) is 5.61. The number of carbonyl (C=O) groups is 3. The molecule has 2 saturated heterocycles. The summed E-state index contributed by atoms with van der Waals surface area (Å²) in [5.41, 5.74) is 1.21. The van der Waals surface area contributed by atoms with Crippen molar-refractivity contribution in [2.75, 3.05) is 40.0 Å². The monoisotopic (exact) mass is 561 g/mol. The highest BCUT2D eigenvalue weighted by molar-refractivity contribution is 5.78. The summed E-state index contributed by atoms with van der Waals surface area (Å²) in [7, 11) is 1.78. The van der Waals surface area contributed by atoms with Crippen molar-refractivity contribution < 1.29 is 60.4 Å². The molecule has 38 heavy (non-hydrogen) atoms. The van der Waals surface area contributed by atoms with Crippen LogP contribution in [-0.2, 0) is 30.4 Å². The number of halogens is 6. The van der Waals surface area contributed by atoms with E-state index in [1.54, 1.807) is 13.3 Å². The van der Waals surface area contributed by atoms with Gasteiger partial charge in [-0.25, -0.2) is 9.59 Å². The zero-order chi connectivity index (χ0) is 29.1. The number of likely N-dealkylation sites (tertiary alicyclic amines) is 2. The molecule has 0 radical (unpaired) electrons. The normalized spacial score (nSPS) is 21.4. The first kappa shape index (κ1) is 33.0. The smallest absolute Gasteiger partial charge is 0.475 e. The van der Waals surface area contributed by atoms with E-state index < -0.39 is 24.3 Å². The van der Waals surface area contributed by atoms with Gasteiger partial charge in [0.25, 0.3) is 0 Å². The quantitative estimate of drug-likeness (QED) is 0.503. The zero-order valence-electron chi connectivity index (χ0n) is 20.5. The third kappa shape index (κ3) is 10.8. The van der Waals surface area contributed by atoms with E-state index in [0.717, 1.165) is 32.6 Å². The number of amides is 1. The van der Waals surface area contributed by atoms with Crippen molar-refractivity contribution in [2.24, 2.45) is 5.92 Å². The molecule has 0 bridgehead atoms. The van der Waals surface area contributed by atoms with Crippen LogP contribution < -0.4 is 0 Å². The maximum Gasteiger partial charge on any atom is 0.490 e. The maximum atomic E-state index is 12.5. The van der Waals surface area contributed by atoms with Crippen molar-refractivity contribution in [3.05, 3.63) is 30.1 Å². The number of alkyl halides is 6. The summed E-state index contributed by atoms with van der Waals surface area (Å²) in [5, 5.41) is 14.2. The lowest BCUT2D eigenvalue weighted by molar-refractivity contribution is -0.193. The van der Waals surface area contributed by atoms with Crippen molar-refractivity contribution in [3.63, 3.8) is 0 Å². The van der Waals surface area contributed by atoms with Gasteiger partial charge >= 0.3 is 24.3 Å². The fourth-order valence-corrected chi connectivity index (χ4v) is 3.99. The molecule has 1 aromatic rings.